The molecule has 48 heavy (non-hydrogen) atoms. The van der Waals surface area contributed by atoms with Gasteiger partial charge < -0.3 is 24.5 Å². The molecule has 3 aliphatic rings. The Bertz CT molecular complexity index is 1480. The molecule has 8 nitrogen and oxygen atoms in total. The molecule has 2 aromatic rings. The van der Waals surface area contributed by atoms with Crippen LogP contribution < -0.4 is 9.64 Å². The third-order valence-electron chi connectivity index (χ3n) is 10.5. The Kier molecular flexibility index (Phi) is 11.1. The summed E-state index contributed by atoms with van der Waals surface area (Å²) in [5, 5.41) is 10.9. The predicted octanol–water partition coefficient (Wildman–Crippen LogP) is 5.89. The smallest absolute Gasteiger partial charge is 0.247 e. The molecule has 1 spiro atoms. The first kappa shape index (κ1) is 35.7. The van der Waals surface area contributed by atoms with Crippen LogP contribution in [0.5, 0.6) is 5.75 Å². The van der Waals surface area contributed by atoms with Gasteiger partial charge in [0.05, 0.1) is 35.8 Å². The molecule has 0 aliphatic carbocycles. The van der Waals surface area contributed by atoms with Gasteiger partial charge in [0.25, 0.3) is 0 Å². The van der Waals surface area contributed by atoms with Crippen molar-refractivity contribution in [2.45, 2.75) is 87.4 Å². The van der Waals surface area contributed by atoms with Crippen molar-refractivity contribution in [3.05, 3.63) is 85.5 Å². The molecule has 0 saturated carbocycles. The molecule has 258 valence electrons. The number of nitrogens with zero attached hydrogens (tertiary/aromatic N) is 3. The van der Waals surface area contributed by atoms with Gasteiger partial charge in [-0.25, -0.2) is 0 Å². The van der Waals surface area contributed by atoms with E-state index in [1.807, 2.05) is 73.3 Å². The Balaban J connectivity index is 1.60. The van der Waals surface area contributed by atoms with E-state index < -0.39 is 33.4 Å². The Morgan fingerprint density at radius 2 is 1.75 bits per heavy atom. The second-order valence-electron chi connectivity index (χ2n) is 13.6. The highest BCUT2D eigenvalue weighted by atomic mass is 32.2. The molecule has 2 bridgehead atoms. The molecule has 0 radical (unpaired) electrons. The quantitative estimate of drug-likeness (QED) is 0.224. The van der Waals surface area contributed by atoms with Crippen LogP contribution in [0.25, 0.3) is 0 Å². The number of aliphatic hydroxyl groups excluding tert-OH is 1. The molecule has 3 amide bonds. The minimum Gasteiger partial charge on any atom is -0.494 e. The number of amides is 3. The van der Waals surface area contributed by atoms with Crippen LogP contribution >= 0.6 is 11.8 Å². The van der Waals surface area contributed by atoms with Gasteiger partial charge in [-0.15, -0.1) is 24.9 Å². The number of aliphatic hydroxyl groups is 1. The van der Waals surface area contributed by atoms with Crippen molar-refractivity contribution in [3.8, 4) is 5.75 Å². The number of anilines is 1. The highest BCUT2D eigenvalue weighted by molar-refractivity contribution is 8.02. The van der Waals surface area contributed by atoms with Crippen molar-refractivity contribution < 1.29 is 24.2 Å². The predicted molar refractivity (Wildman–Crippen MR) is 193 cm³/mol. The highest BCUT2D eigenvalue weighted by Gasteiger charge is 2.78. The topological polar surface area (TPSA) is 90.4 Å². The number of thioether (sulfide) groups is 1. The zero-order chi connectivity index (χ0) is 34.6. The molecular formula is C39H51N3O5S. The van der Waals surface area contributed by atoms with Crippen molar-refractivity contribution in [1.29, 1.82) is 0 Å². The Hall–Kier alpha value is -3.56. The summed E-state index contributed by atoms with van der Waals surface area (Å²) in [6.07, 6.45) is 6.90. The molecule has 0 aromatic heterocycles. The lowest BCUT2D eigenvalue weighted by atomic mass is 9.66. The molecule has 3 saturated heterocycles. The van der Waals surface area contributed by atoms with E-state index in [4.69, 9.17) is 4.74 Å². The van der Waals surface area contributed by atoms with Crippen molar-refractivity contribution in [2.75, 3.05) is 31.2 Å². The number of hydrogen-bond donors (Lipinski definition) is 1. The van der Waals surface area contributed by atoms with Crippen molar-refractivity contribution >= 4 is 35.2 Å². The first-order valence-electron chi connectivity index (χ1n) is 17.3. The number of ether oxygens (including phenoxy) is 1. The van der Waals surface area contributed by atoms with Gasteiger partial charge in [-0.3, -0.25) is 14.4 Å². The fourth-order valence-electron chi connectivity index (χ4n) is 8.41. The lowest BCUT2D eigenvalue weighted by molar-refractivity contribution is -0.146. The number of likely N-dealkylation sites (tertiary alicyclic amines) is 1. The first-order valence-corrected chi connectivity index (χ1v) is 18.2. The monoisotopic (exact) mass is 673 g/mol. The third kappa shape index (κ3) is 6.31. The summed E-state index contributed by atoms with van der Waals surface area (Å²) in [6, 6.07) is 15.7. The van der Waals surface area contributed by atoms with E-state index in [-0.39, 0.29) is 36.9 Å². The third-order valence-corrected chi connectivity index (χ3v) is 12.5. The molecule has 2 aromatic carbocycles. The van der Waals surface area contributed by atoms with E-state index in [0.29, 0.717) is 43.9 Å². The zero-order valence-corrected chi connectivity index (χ0v) is 29.7. The number of rotatable bonds is 16. The average Bonchev–Trinajstić information content (AvgIpc) is 3.66. The van der Waals surface area contributed by atoms with Gasteiger partial charge in [-0.05, 0) is 76.3 Å². The standard InChI is InChI=1S/C39H51N3O5S/c1-7-14-27(5)40(23-8-2)37(46)34-39-22-21-38(6,48-39)32(35(44)41(24-9-3)29-17-19-31(20-18-29)47-10-4)33(39)36(45)42(34)30(26-43)25-28-15-12-11-13-16-28/h8-9,11-13,15-20,27,30,32-34,43H,2-3,7,10,14,21-26H2,1,4-6H3/t27?,30-,32+,33+,34?,38-,39?/m1/s1. The Morgan fingerprint density at radius 3 is 2.35 bits per heavy atom. The van der Waals surface area contributed by atoms with Crippen LogP contribution in [0.2, 0.25) is 0 Å². The molecule has 1 N–H and O–H groups in total. The lowest BCUT2D eigenvalue weighted by Crippen LogP contribution is -2.59. The Morgan fingerprint density at radius 1 is 1.06 bits per heavy atom. The largest absolute Gasteiger partial charge is 0.494 e. The zero-order valence-electron chi connectivity index (χ0n) is 28.8. The second-order valence-corrected chi connectivity index (χ2v) is 15.5. The molecule has 3 heterocycles. The van der Waals surface area contributed by atoms with Gasteiger partial charge in [0, 0.05) is 29.6 Å². The molecular weight excluding hydrogens is 623 g/mol. The van der Waals surface area contributed by atoms with Crippen LogP contribution in [-0.2, 0) is 20.8 Å². The molecule has 3 fully saturated rings. The van der Waals surface area contributed by atoms with Crippen LogP contribution in [0.1, 0.15) is 58.9 Å². The molecule has 3 aliphatic heterocycles. The molecule has 5 rings (SSSR count). The minimum absolute atomic E-state index is 0.0611. The fourth-order valence-corrected chi connectivity index (χ4v) is 10.7. The fraction of sp³-hybridized carbons (Fsp3) is 0.513. The number of carbonyl (C=O) groups excluding carboxylic acids is 3. The van der Waals surface area contributed by atoms with E-state index in [0.717, 1.165) is 18.4 Å². The second kappa shape index (κ2) is 14.9. The SMILES string of the molecule is C=CCN(C(=O)[C@@H]1[C@H]2C(=O)N([C@@H](CO)Cc3ccccc3)C(C(=O)N(CC=C)C(C)CCC)C23CC[C@@]1(C)S3)c1ccc(OCC)cc1. The van der Waals surface area contributed by atoms with E-state index in [2.05, 4.69) is 27.0 Å². The summed E-state index contributed by atoms with van der Waals surface area (Å²) in [4.78, 5) is 50.2. The highest BCUT2D eigenvalue weighted by Crippen LogP contribution is 2.72. The molecule has 3 unspecified atom stereocenters. The van der Waals surface area contributed by atoms with Crippen molar-refractivity contribution in [1.82, 2.24) is 9.80 Å². The van der Waals surface area contributed by atoms with Crippen LogP contribution in [-0.4, -0.2) is 86.6 Å². The maximum Gasteiger partial charge on any atom is 0.247 e. The van der Waals surface area contributed by atoms with Crippen LogP contribution in [0, 0.1) is 11.8 Å². The first-order chi connectivity index (χ1) is 23.1. The van der Waals surface area contributed by atoms with Crippen molar-refractivity contribution in [3.63, 3.8) is 0 Å². The number of hydrogen-bond acceptors (Lipinski definition) is 6. The normalized spacial score (nSPS) is 26.9. The van der Waals surface area contributed by atoms with Gasteiger partial charge in [0.2, 0.25) is 17.7 Å². The average molecular weight is 674 g/mol. The molecule has 9 heteroatoms. The number of benzene rings is 2. The van der Waals surface area contributed by atoms with Gasteiger partial charge in [0.15, 0.2) is 0 Å². The summed E-state index contributed by atoms with van der Waals surface area (Å²) in [5.74, 6) is -1.15. The number of carbonyl (C=O) groups is 3. The van der Waals surface area contributed by atoms with Gasteiger partial charge >= 0.3 is 0 Å². The van der Waals surface area contributed by atoms with Gasteiger partial charge in [-0.2, -0.15) is 0 Å². The lowest BCUT2D eigenvalue weighted by Gasteiger charge is -2.41. The number of fused-ring (bicyclic) bond motifs is 1. The van der Waals surface area contributed by atoms with Crippen molar-refractivity contribution in [2.24, 2.45) is 11.8 Å². The summed E-state index contributed by atoms with van der Waals surface area (Å²) < 4.78 is 4.29. The summed E-state index contributed by atoms with van der Waals surface area (Å²) in [5.41, 5.74) is 1.67. The van der Waals surface area contributed by atoms with E-state index in [1.54, 1.807) is 33.7 Å². The Labute approximate surface area is 290 Å². The van der Waals surface area contributed by atoms with Crippen LogP contribution in [0.3, 0.4) is 0 Å². The summed E-state index contributed by atoms with van der Waals surface area (Å²) in [6.45, 7) is 16.9. The van der Waals surface area contributed by atoms with Gasteiger partial charge in [-0.1, -0.05) is 55.8 Å². The van der Waals surface area contributed by atoms with Gasteiger partial charge in [0.1, 0.15) is 11.8 Å². The van der Waals surface area contributed by atoms with E-state index >= 15 is 4.79 Å². The van der Waals surface area contributed by atoms with E-state index in [9.17, 15) is 14.7 Å². The maximum atomic E-state index is 15.0. The van der Waals surface area contributed by atoms with Crippen LogP contribution in [0.4, 0.5) is 5.69 Å². The molecule has 7 atom stereocenters. The summed E-state index contributed by atoms with van der Waals surface area (Å²) in [7, 11) is 0. The van der Waals surface area contributed by atoms with E-state index in [1.165, 1.54) is 0 Å². The van der Waals surface area contributed by atoms with Crippen LogP contribution in [0.15, 0.2) is 79.9 Å². The maximum absolute atomic E-state index is 15.0. The minimum atomic E-state index is -0.821. The summed E-state index contributed by atoms with van der Waals surface area (Å²) >= 11 is 1.66.